The second kappa shape index (κ2) is 6.59. The highest BCUT2D eigenvalue weighted by Gasteiger charge is 2.26. The summed E-state index contributed by atoms with van der Waals surface area (Å²) in [5.41, 5.74) is -0.958. The highest BCUT2D eigenvalue weighted by molar-refractivity contribution is 7.89. The molecule has 0 bridgehead atoms. The number of likely N-dealkylation sites (N-methyl/N-ethyl adjacent to an activating group) is 1. The number of nitro groups is 1. The molecule has 0 aliphatic carbocycles. The zero-order valence-electron chi connectivity index (χ0n) is 11.3. The van der Waals surface area contributed by atoms with Crippen LogP contribution in [-0.2, 0) is 19.6 Å². The maximum Gasteiger partial charge on any atom is 0.321 e. The molecule has 0 radical (unpaired) electrons. The first-order valence-electron chi connectivity index (χ1n) is 5.76. The van der Waals surface area contributed by atoms with Gasteiger partial charge in [-0.3, -0.25) is 14.9 Å². The molecule has 0 aliphatic heterocycles. The van der Waals surface area contributed by atoms with Gasteiger partial charge in [0.1, 0.15) is 6.54 Å². The van der Waals surface area contributed by atoms with Gasteiger partial charge in [0.05, 0.1) is 16.4 Å². The average molecular weight is 320 g/mol. The highest BCUT2D eigenvalue weighted by Crippen LogP contribution is 2.23. The summed E-state index contributed by atoms with van der Waals surface area (Å²) in [6.45, 7) is 1.10. The van der Waals surface area contributed by atoms with Crippen LogP contribution in [0.5, 0.6) is 0 Å². The molecule has 116 valence electrons. The van der Waals surface area contributed by atoms with Crippen molar-refractivity contribution in [2.75, 3.05) is 20.2 Å². The van der Waals surface area contributed by atoms with Crippen LogP contribution in [0.1, 0.15) is 6.92 Å². The number of nitrogens with zero attached hydrogens (tertiary/aromatic N) is 2. The molecule has 1 rings (SSSR count). The Morgan fingerprint density at radius 1 is 1.48 bits per heavy atom. The second-order valence-corrected chi connectivity index (χ2v) is 5.98. The summed E-state index contributed by atoms with van der Waals surface area (Å²) in [6, 6.07) is 2.18. The number of hydrogen-bond acceptors (Lipinski definition) is 6. The summed E-state index contributed by atoms with van der Waals surface area (Å²) in [7, 11) is -3.05. The molecule has 0 saturated heterocycles. The van der Waals surface area contributed by atoms with Crippen molar-refractivity contribution in [3.63, 3.8) is 0 Å². The monoisotopic (exact) mass is 320 g/mol. The van der Waals surface area contributed by atoms with E-state index in [1.54, 1.807) is 6.92 Å². The molecule has 0 amide bonds. The predicted octanol–water partition coefficient (Wildman–Crippen LogP) is 0.918. The van der Waals surface area contributed by atoms with Crippen LogP contribution in [0.15, 0.2) is 23.1 Å². The van der Waals surface area contributed by atoms with Gasteiger partial charge in [-0.15, -0.1) is 0 Å². The van der Waals surface area contributed by atoms with Gasteiger partial charge in [0.2, 0.25) is 15.8 Å². The Balaban J connectivity index is 3.10. The molecule has 0 fully saturated rings. The van der Waals surface area contributed by atoms with E-state index in [0.717, 1.165) is 13.1 Å². The first-order valence-corrected chi connectivity index (χ1v) is 7.20. The molecule has 0 heterocycles. The lowest BCUT2D eigenvalue weighted by atomic mass is 10.3. The van der Waals surface area contributed by atoms with Crippen molar-refractivity contribution in [2.45, 2.75) is 11.8 Å². The Hall–Kier alpha value is -2.07. The van der Waals surface area contributed by atoms with Gasteiger partial charge < -0.3 is 4.74 Å². The summed E-state index contributed by atoms with van der Waals surface area (Å²) >= 11 is 0. The van der Waals surface area contributed by atoms with E-state index < -0.39 is 43.9 Å². The molecule has 0 atom stereocenters. The molecule has 0 unspecified atom stereocenters. The Morgan fingerprint density at radius 2 is 2.10 bits per heavy atom. The first kappa shape index (κ1) is 17.0. The minimum atomic E-state index is -4.16. The predicted molar refractivity (Wildman–Crippen MR) is 69.5 cm³/mol. The van der Waals surface area contributed by atoms with Gasteiger partial charge >= 0.3 is 11.7 Å². The molecule has 1 aromatic rings. The standard InChI is InChI=1S/C11H13FN2O6S/c1-3-20-11(15)7-13(2)21(18,19)8-4-5-9(12)10(6-8)14(16)17/h4-6H,3,7H2,1-2H3. The van der Waals surface area contributed by atoms with E-state index in [9.17, 15) is 27.7 Å². The van der Waals surface area contributed by atoms with Gasteiger partial charge in [0.15, 0.2) is 0 Å². The molecular formula is C11H13FN2O6S. The van der Waals surface area contributed by atoms with Crippen LogP contribution in [0, 0.1) is 15.9 Å². The minimum absolute atomic E-state index is 0.0920. The zero-order chi connectivity index (χ0) is 16.2. The van der Waals surface area contributed by atoms with Crippen molar-refractivity contribution in [3.05, 3.63) is 34.1 Å². The van der Waals surface area contributed by atoms with Crippen molar-refractivity contribution in [2.24, 2.45) is 0 Å². The van der Waals surface area contributed by atoms with E-state index in [2.05, 4.69) is 4.74 Å². The highest BCUT2D eigenvalue weighted by atomic mass is 32.2. The number of ether oxygens (including phenoxy) is 1. The summed E-state index contributed by atoms with van der Waals surface area (Å²) in [6.07, 6.45) is 0. The third-order valence-electron chi connectivity index (χ3n) is 2.48. The number of benzene rings is 1. The average Bonchev–Trinajstić information content (AvgIpc) is 2.38. The lowest BCUT2D eigenvalue weighted by Crippen LogP contribution is -2.33. The van der Waals surface area contributed by atoms with E-state index in [1.807, 2.05) is 0 Å². The number of rotatable bonds is 6. The number of carbonyl (C=O) groups is 1. The van der Waals surface area contributed by atoms with Crippen LogP contribution in [-0.4, -0.2) is 43.8 Å². The summed E-state index contributed by atoms with van der Waals surface area (Å²) in [4.78, 5) is 20.4. The van der Waals surface area contributed by atoms with Gasteiger partial charge in [-0.25, -0.2) is 8.42 Å². The molecule has 10 heteroatoms. The van der Waals surface area contributed by atoms with Crippen molar-refractivity contribution >= 4 is 21.7 Å². The topological polar surface area (TPSA) is 107 Å². The van der Waals surface area contributed by atoms with E-state index >= 15 is 0 Å². The second-order valence-electron chi connectivity index (χ2n) is 3.94. The number of halogens is 1. The lowest BCUT2D eigenvalue weighted by Gasteiger charge is -2.16. The van der Waals surface area contributed by atoms with E-state index in [-0.39, 0.29) is 6.61 Å². The molecule has 8 nitrogen and oxygen atoms in total. The Bertz CT molecular complexity index is 661. The molecule has 0 aromatic heterocycles. The maximum atomic E-state index is 13.2. The summed E-state index contributed by atoms with van der Waals surface area (Å²) < 4.78 is 42.7. The van der Waals surface area contributed by atoms with Crippen LogP contribution in [0.4, 0.5) is 10.1 Å². The van der Waals surface area contributed by atoms with Crippen LogP contribution in [0.2, 0.25) is 0 Å². The molecule has 0 N–H and O–H groups in total. The van der Waals surface area contributed by atoms with Gasteiger partial charge in [-0.1, -0.05) is 0 Å². The maximum absolute atomic E-state index is 13.2. The minimum Gasteiger partial charge on any atom is -0.465 e. The molecule has 0 aliphatic rings. The third kappa shape index (κ3) is 3.95. The summed E-state index contributed by atoms with van der Waals surface area (Å²) in [5.74, 6) is -1.91. The number of esters is 1. The smallest absolute Gasteiger partial charge is 0.321 e. The SMILES string of the molecule is CCOC(=O)CN(C)S(=O)(=O)c1ccc(F)c([N+](=O)[O-])c1. The van der Waals surface area contributed by atoms with Gasteiger partial charge in [0.25, 0.3) is 0 Å². The van der Waals surface area contributed by atoms with Crippen molar-refractivity contribution < 1.29 is 27.3 Å². The largest absolute Gasteiger partial charge is 0.465 e. The van der Waals surface area contributed by atoms with Gasteiger partial charge in [-0.05, 0) is 19.1 Å². The molecule has 0 spiro atoms. The number of carbonyl (C=O) groups excluding carboxylic acids is 1. The Labute approximate surface area is 120 Å². The summed E-state index contributed by atoms with van der Waals surface area (Å²) in [5, 5.41) is 10.6. The quantitative estimate of drug-likeness (QED) is 0.438. The Morgan fingerprint density at radius 3 is 2.62 bits per heavy atom. The van der Waals surface area contributed by atoms with Crippen LogP contribution in [0.3, 0.4) is 0 Å². The fraction of sp³-hybridized carbons (Fsp3) is 0.364. The number of nitro benzene ring substituents is 1. The fourth-order valence-electron chi connectivity index (χ4n) is 1.45. The van der Waals surface area contributed by atoms with E-state index in [4.69, 9.17) is 0 Å². The number of hydrogen-bond donors (Lipinski definition) is 0. The van der Waals surface area contributed by atoms with Crippen molar-refractivity contribution in [3.8, 4) is 0 Å². The van der Waals surface area contributed by atoms with Crippen LogP contribution < -0.4 is 0 Å². The van der Waals surface area contributed by atoms with E-state index in [1.165, 1.54) is 0 Å². The zero-order valence-corrected chi connectivity index (χ0v) is 12.1. The van der Waals surface area contributed by atoms with Crippen LogP contribution >= 0.6 is 0 Å². The number of sulfonamides is 1. The van der Waals surface area contributed by atoms with Crippen molar-refractivity contribution in [1.82, 2.24) is 4.31 Å². The van der Waals surface area contributed by atoms with Crippen LogP contribution in [0.25, 0.3) is 0 Å². The molecule has 1 aromatic carbocycles. The van der Waals surface area contributed by atoms with Gasteiger partial charge in [-0.2, -0.15) is 8.70 Å². The lowest BCUT2D eigenvalue weighted by molar-refractivity contribution is -0.387. The fourth-order valence-corrected chi connectivity index (χ4v) is 2.58. The van der Waals surface area contributed by atoms with E-state index in [0.29, 0.717) is 16.4 Å². The molecule has 21 heavy (non-hydrogen) atoms. The normalized spacial score (nSPS) is 11.4. The first-order chi connectivity index (χ1) is 9.70. The van der Waals surface area contributed by atoms with Gasteiger partial charge in [0, 0.05) is 13.1 Å². The van der Waals surface area contributed by atoms with Crippen molar-refractivity contribution in [1.29, 1.82) is 0 Å². The molecular weight excluding hydrogens is 307 g/mol. The Kier molecular flexibility index (Phi) is 5.33. The molecule has 0 saturated carbocycles. The third-order valence-corrected chi connectivity index (χ3v) is 4.28.